The number of methoxy groups -OCH3 is 1. The third-order valence-electron chi connectivity index (χ3n) is 2.72. The number of aryl methyl sites for hydroxylation is 2. The zero-order valence-corrected chi connectivity index (χ0v) is 10.1. The molecular weight excluding hydrogens is 216 g/mol. The maximum atomic E-state index is 5.80. The van der Waals surface area contributed by atoms with Crippen molar-refractivity contribution in [3.8, 4) is 17.0 Å². The molecule has 2 rings (SSSR count). The van der Waals surface area contributed by atoms with Crippen LogP contribution in [0.15, 0.2) is 18.5 Å². The highest BCUT2D eigenvalue weighted by molar-refractivity contribution is 5.75. The van der Waals surface area contributed by atoms with Gasteiger partial charge in [0.15, 0.2) is 5.82 Å². The lowest BCUT2D eigenvalue weighted by Crippen LogP contribution is -2.00. The van der Waals surface area contributed by atoms with E-state index in [2.05, 4.69) is 15.2 Å². The summed E-state index contributed by atoms with van der Waals surface area (Å²) in [6, 6.07) is 3.94. The summed E-state index contributed by atoms with van der Waals surface area (Å²) in [5.41, 5.74) is 9.46. The number of nitrogen functional groups attached to an aromatic ring is 1. The van der Waals surface area contributed by atoms with Crippen molar-refractivity contribution in [2.24, 2.45) is 0 Å². The van der Waals surface area contributed by atoms with Crippen molar-refractivity contribution in [3.05, 3.63) is 29.6 Å². The van der Waals surface area contributed by atoms with Crippen molar-refractivity contribution in [2.45, 2.75) is 13.8 Å². The summed E-state index contributed by atoms with van der Waals surface area (Å²) in [6.07, 6.45) is 1.33. The standard InChI is InChI=1S/C12H14N4O/c1-7-4-9(10(17-3)5-8(7)2)11-12(13)14-6-15-16-11/h4-6H,1-3H3,(H2,13,14,15). The number of ether oxygens (including phenoxy) is 1. The Morgan fingerprint density at radius 1 is 1.18 bits per heavy atom. The van der Waals surface area contributed by atoms with Gasteiger partial charge in [0.1, 0.15) is 17.8 Å². The van der Waals surface area contributed by atoms with Gasteiger partial charge in [-0.25, -0.2) is 4.98 Å². The van der Waals surface area contributed by atoms with Gasteiger partial charge in [0, 0.05) is 5.56 Å². The number of benzene rings is 1. The Morgan fingerprint density at radius 2 is 1.88 bits per heavy atom. The lowest BCUT2D eigenvalue weighted by molar-refractivity contribution is 0.416. The van der Waals surface area contributed by atoms with Crippen molar-refractivity contribution in [1.29, 1.82) is 0 Å². The number of rotatable bonds is 2. The minimum Gasteiger partial charge on any atom is -0.496 e. The minimum absolute atomic E-state index is 0.349. The van der Waals surface area contributed by atoms with Crippen LogP contribution in [0.5, 0.6) is 5.75 Å². The molecule has 1 heterocycles. The van der Waals surface area contributed by atoms with Crippen LogP contribution in [0, 0.1) is 13.8 Å². The molecule has 1 aromatic carbocycles. The predicted molar refractivity (Wildman–Crippen MR) is 65.7 cm³/mol. The Bertz CT molecular complexity index is 554. The molecule has 2 N–H and O–H groups in total. The molecule has 0 aliphatic carbocycles. The van der Waals surface area contributed by atoms with Crippen molar-refractivity contribution in [1.82, 2.24) is 15.2 Å². The van der Waals surface area contributed by atoms with Crippen LogP contribution in [0.1, 0.15) is 11.1 Å². The van der Waals surface area contributed by atoms with Gasteiger partial charge in [-0.15, -0.1) is 10.2 Å². The Hall–Kier alpha value is -2.17. The molecule has 0 amide bonds. The topological polar surface area (TPSA) is 73.9 Å². The van der Waals surface area contributed by atoms with E-state index in [1.807, 2.05) is 26.0 Å². The van der Waals surface area contributed by atoms with E-state index < -0.39 is 0 Å². The number of anilines is 1. The lowest BCUT2D eigenvalue weighted by atomic mass is 10.0. The summed E-state index contributed by atoms with van der Waals surface area (Å²) >= 11 is 0. The number of nitrogens with zero attached hydrogens (tertiary/aromatic N) is 3. The Labute approximate surface area is 99.7 Å². The lowest BCUT2D eigenvalue weighted by Gasteiger charge is -2.11. The largest absolute Gasteiger partial charge is 0.496 e. The van der Waals surface area contributed by atoms with Crippen molar-refractivity contribution in [2.75, 3.05) is 12.8 Å². The van der Waals surface area contributed by atoms with E-state index in [0.717, 1.165) is 22.4 Å². The number of nitrogens with two attached hydrogens (primary N) is 1. The van der Waals surface area contributed by atoms with E-state index in [4.69, 9.17) is 10.5 Å². The minimum atomic E-state index is 0.349. The van der Waals surface area contributed by atoms with E-state index in [-0.39, 0.29) is 0 Å². The summed E-state index contributed by atoms with van der Waals surface area (Å²) in [5, 5.41) is 7.76. The molecule has 5 heteroatoms. The molecule has 17 heavy (non-hydrogen) atoms. The summed E-state index contributed by atoms with van der Waals surface area (Å²) in [4.78, 5) is 3.93. The molecule has 0 radical (unpaired) electrons. The fourth-order valence-electron chi connectivity index (χ4n) is 1.62. The van der Waals surface area contributed by atoms with Gasteiger partial charge < -0.3 is 10.5 Å². The Kier molecular flexibility index (Phi) is 2.91. The normalized spacial score (nSPS) is 10.3. The first-order valence-corrected chi connectivity index (χ1v) is 5.22. The molecule has 0 saturated heterocycles. The molecule has 0 atom stereocenters. The second-order valence-corrected chi connectivity index (χ2v) is 3.83. The van der Waals surface area contributed by atoms with Gasteiger partial charge in [-0.3, -0.25) is 0 Å². The van der Waals surface area contributed by atoms with Gasteiger partial charge >= 0.3 is 0 Å². The SMILES string of the molecule is COc1cc(C)c(C)cc1-c1nncnc1N. The van der Waals surface area contributed by atoms with E-state index >= 15 is 0 Å². The molecule has 0 saturated carbocycles. The molecule has 0 unspecified atom stereocenters. The van der Waals surface area contributed by atoms with E-state index in [1.54, 1.807) is 7.11 Å². The molecule has 2 aromatic rings. The first-order chi connectivity index (χ1) is 8.13. The second kappa shape index (κ2) is 4.37. The first kappa shape index (κ1) is 11.3. The zero-order valence-electron chi connectivity index (χ0n) is 10.1. The van der Waals surface area contributed by atoms with E-state index in [9.17, 15) is 0 Å². The molecule has 0 bridgehead atoms. The van der Waals surface area contributed by atoms with Crippen LogP contribution in [-0.2, 0) is 0 Å². The summed E-state index contributed by atoms with van der Waals surface area (Å²) < 4.78 is 5.34. The predicted octanol–water partition coefficient (Wildman–Crippen LogP) is 1.75. The van der Waals surface area contributed by atoms with Gasteiger partial charge in [0.25, 0.3) is 0 Å². The van der Waals surface area contributed by atoms with Gasteiger partial charge in [0.2, 0.25) is 0 Å². The van der Waals surface area contributed by atoms with Crippen LogP contribution in [0.3, 0.4) is 0 Å². The highest BCUT2D eigenvalue weighted by Crippen LogP contribution is 2.33. The number of aromatic nitrogens is 3. The van der Waals surface area contributed by atoms with Crippen LogP contribution >= 0.6 is 0 Å². The summed E-state index contributed by atoms with van der Waals surface area (Å²) in [7, 11) is 1.62. The Balaban J connectivity index is 2.67. The van der Waals surface area contributed by atoms with Crippen molar-refractivity contribution >= 4 is 5.82 Å². The monoisotopic (exact) mass is 230 g/mol. The third kappa shape index (κ3) is 2.04. The van der Waals surface area contributed by atoms with Crippen LogP contribution in [0.25, 0.3) is 11.3 Å². The summed E-state index contributed by atoms with van der Waals surface area (Å²) in [5.74, 6) is 1.07. The molecular formula is C12H14N4O. The fraction of sp³-hybridized carbons (Fsp3) is 0.250. The van der Waals surface area contributed by atoms with E-state index in [0.29, 0.717) is 11.5 Å². The molecule has 1 aromatic heterocycles. The van der Waals surface area contributed by atoms with Gasteiger partial charge in [-0.1, -0.05) is 0 Å². The average Bonchev–Trinajstić information content (AvgIpc) is 2.33. The van der Waals surface area contributed by atoms with E-state index in [1.165, 1.54) is 6.33 Å². The molecule has 5 nitrogen and oxygen atoms in total. The smallest absolute Gasteiger partial charge is 0.153 e. The summed E-state index contributed by atoms with van der Waals surface area (Å²) in [6.45, 7) is 4.05. The van der Waals surface area contributed by atoms with Crippen LogP contribution in [-0.4, -0.2) is 22.3 Å². The van der Waals surface area contributed by atoms with Crippen molar-refractivity contribution < 1.29 is 4.74 Å². The maximum absolute atomic E-state index is 5.80. The fourth-order valence-corrected chi connectivity index (χ4v) is 1.62. The quantitative estimate of drug-likeness (QED) is 0.850. The molecule has 88 valence electrons. The van der Waals surface area contributed by atoms with Crippen molar-refractivity contribution in [3.63, 3.8) is 0 Å². The van der Waals surface area contributed by atoms with Crippen LogP contribution in [0.2, 0.25) is 0 Å². The van der Waals surface area contributed by atoms with Gasteiger partial charge in [-0.2, -0.15) is 0 Å². The average molecular weight is 230 g/mol. The molecule has 0 spiro atoms. The highest BCUT2D eigenvalue weighted by Gasteiger charge is 2.13. The molecule has 0 aliphatic heterocycles. The van der Waals surface area contributed by atoms with Gasteiger partial charge in [0.05, 0.1) is 7.11 Å². The second-order valence-electron chi connectivity index (χ2n) is 3.83. The number of hydrogen-bond acceptors (Lipinski definition) is 5. The number of hydrogen-bond donors (Lipinski definition) is 1. The van der Waals surface area contributed by atoms with Gasteiger partial charge in [-0.05, 0) is 37.1 Å². The van der Waals surface area contributed by atoms with Crippen LogP contribution in [0.4, 0.5) is 5.82 Å². The molecule has 0 aliphatic rings. The maximum Gasteiger partial charge on any atom is 0.153 e. The van der Waals surface area contributed by atoms with Crippen LogP contribution < -0.4 is 10.5 Å². The molecule has 0 fully saturated rings. The third-order valence-corrected chi connectivity index (χ3v) is 2.72. The Morgan fingerprint density at radius 3 is 2.53 bits per heavy atom. The first-order valence-electron chi connectivity index (χ1n) is 5.22. The highest BCUT2D eigenvalue weighted by atomic mass is 16.5. The zero-order chi connectivity index (χ0) is 12.4.